The Morgan fingerprint density at radius 2 is 1.61 bits per heavy atom. The molecule has 0 bridgehead atoms. The summed E-state index contributed by atoms with van der Waals surface area (Å²) in [5.41, 5.74) is 14.9. The number of hydrogen-bond donors (Lipinski definition) is 1. The van der Waals surface area contributed by atoms with E-state index in [2.05, 4.69) is 38.1 Å². The van der Waals surface area contributed by atoms with Gasteiger partial charge in [0.15, 0.2) is 0 Å². The highest BCUT2D eigenvalue weighted by molar-refractivity contribution is 5.66. The van der Waals surface area contributed by atoms with E-state index in [-0.39, 0.29) is 18.1 Å². The van der Waals surface area contributed by atoms with Crippen molar-refractivity contribution < 1.29 is 4.74 Å². The molecule has 0 spiro atoms. The maximum atomic E-state index is 6.66. The zero-order valence-electron chi connectivity index (χ0n) is 20.6. The Hall–Kier alpha value is -2.83. The number of benzene rings is 1. The highest BCUT2D eigenvalue weighted by atomic mass is 16.5. The Morgan fingerprint density at radius 3 is 2.21 bits per heavy atom. The van der Waals surface area contributed by atoms with Crippen molar-refractivity contribution in [2.45, 2.75) is 58.6 Å². The van der Waals surface area contributed by atoms with Gasteiger partial charge in [-0.05, 0) is 49.9 Å². The van der Waals surface area contributed by atoms with E-state index in [0.29, 0.717) is 6.61 Å². The first-order chi connectivity index (χ1) is 15.9. The van der Waals surface area contributed by atoms with Gasteiger partial charge >= 0.3 is 0 Å². The Labute approximate surface area is 197 Å². The second-order valence-corrected chi connectivity index (χ2v) is 8.81. The van der Waals surface area contributed by atoms with Gasteiger partial charge in [0.2, 0.25) is 0 Å². The predicted molar refractivity (Wildman–Crippen MR) is 134 cm³/mol. The van der Waals surface area contributed by atoms with Crippen LogP contribution in [0.25, 0.3) is 11.3 Å². The molecule has 0 radical (unpaired) electrons. The quantitative estimate of drug-likeness (QED) is 0.573. The van der Waals surface area contributed by atoms with Crippen molar-refractivity contribution in [3.63, 3.8) is 0 Å². The maximum Gasteiger partial charge on any atom is 0.128 e. The number of pyridine rings is 1. The fourth-order valence-corrected chi connectivity index (χ4v) is 4.89. The normalized spacial score (nSPS) is 19.5. The molecule has 4 rings (SSSR count). The first kappa shape index (κ1) is 23.3. The molecule has 1 unspecified atom stereocenters. The van der Waals surface area contributed by atoms with E-state index < -0.39 is 0 Å². The van der Waals surface area contributed by atoms with E-state index in [1.807, 2.05) is 45.0 Å². The highest BCUT2D eigenvalue weighted by Crippen LogP contribution is 2.45. The number of hydrogen-bond acceptors (Lipinski definition) is 6. The summed E-state index contributed by atoms with van der Waals surface area (Å²) in [5.74, 6) is 0.916. The summed E-state index contributed by atoms with van der Waals surface area (Å²) >= 11 is 0. The van der Waals surface area contributed by atoms with Gasteiger partial charge in [-0.2, -0.15) is 0 Å². The SMILES string of the molecule is CCO[C@H]1C(c2nc(CC)c(-c3ccc(N(C)C)nc3C)nc2CC)c2ccccc2[C@H]1N. The molecule has 0 amide bonds. The van der Waals surface area contributed by atoms with Gasteiger partial charge in [-0.15, -0.1) is 0 Å². The van der Waals surface area contributed by atoms with Gasteiger partial charge in [0.25, 0.3) is 0 Å². The molecule has 2 N–H and O–H groups in total. The first-order valence-corrected chi connectivity index (χ1v) is 11.9. The third kappa shape index (κ3) is 4.13. The van der Waals surface area contributed by atoms with Crippen LogP contribution in [0.2, 0.25) is 0 Å². The molecule has 2 aromatic heterocycles. The van der Waals surface area contributed by atoms with Crippen LogP contribution in [-0.4, -0.2) is 41.8 Å². The average molecular weight is 446 g/mol. The van der Waals surface area contributed by atoms with E-state index in [1.165, 1.54) is 5.56 Å². The monoisotopic (exact) mass is 445 g/mol. The van der Waals surface area contributed by atoms with Gasteiger partial charge < -0.3 is 15.4 Å². The molecule has 33 heavy (non-hydrogen) atoms. The number of nitrogens with zero attached hydrogens (tertiary/aromatic N) is 4. The summed E-state index contributed by atoms with van der Waals surface area (Å²) < 4.78 is 6.20. The molecule has 0 fully saturated rings. The van der Waals surface area contributed by atoms with Crippen molar-refractivity contribution in [2.24, 2.45) is 5.73 Å². The van der Waals surface area contributed by atoms with E-state index in [0.717, 1.165) is 58.3 Å². The molecule has 0 saturated carbocycles. The maximum absolute atomic E-state index is 6.66. The van der Waals surface area contributed by atoms with E-state index in [4.69, 9.17) is 25.4 Å². The molecular formula is C27H35N5O. The van der Waals surface area contributed by atoms with Crippen LogP contribution in [0, 0.1) is 6.92 Å². The van der Waals surface area contributed by atoms with Gasteiger partial charge in [0, 0.05) is 32.0 Å². The average Bonchev–Trinajstić information content (AvgIpc) is 3.10. The molecule has 2 heterocycles. The minimum absolute atomic E-state index is 0.0201. The summed E-state index contributed by atoms with van der Waals surface area (Å²) in [6.45, 7) is 8.95. The molecule has 0 saturated heterocycles. The molecular weight excluding hydrogens is 410 g/mol. The van der Waals surface area contributed by atoms with Crippen molar-refractivity contribution in [3.05, 3.63) is 70.3 Å². The highest BCUT2D eigenvalue weighted by Gasteiger charge is 2.42. The van der Waals surface area contributed by atoms with Gasteiger partial charge in [0.1, 0.15) is 5.82 Å². The number of aromatic nitrogens is 3. The van der Waals surface area contributed by atoms with Crippen molar-refractivity contribution in [2.75, 3.05) is 25.6 Å². The second-order valence-electron chi connectivity index (χ2n) is 8.81. The van der Waals surface area contributed by atoms with Gasteiger partial charge in [-0.1, -0.05) is 38.1 Å². The number of rotatable bonds is 7. The summed E-state index contributed by atoms with van der Waals surface area (Å²) in [4.78, 5) is 17.2. The lowest BCUT2D eigenvalue weighted by Crippen LogP contribution is -2.30. The Balaban J connectivity index is 1.88. The van der Waals surface area contributed by atoms with Gasteiger partial charge in [0.05, 0.1) is 40.8 Å². The van der Waals surface area contributed by atoms with Crippen LogP contribution in [0.4, 0.5) is 5.82 Å². The smallest absolute Gasteiger partial charge is 0.128 e. The lowest BCUT2D eigenvalue weighted by Gasteiger charge is -2.25. The molecule has 3 atom stereocenters. The number of anilines is 1. The fraction of sp³-hybridized carbons (Fsp3) is 0.444. The summed E-state index contributed by atoms with van der Waals surface area (Å²) in [6, 6.07) is 12.4. The third-order valence-electron chi connectivity index (χ3n) is 6.55. The Kier molecular flexibility index (Phi) is 6.77. The molecule has 6 nitrogen and oxygen atoms in total. The second kappa shape index (κ2) is 9.57. The zero-order chi connectivity index (χ0) is 23.7. The van der Waals surface area contributed by atoms with Crippen LogP contribution in [0.15, 0.2) is 36.4 Å². The predicted octanol–water partition coefficient (Wildman–Crippen LogP) is 4.59. The van der Waals surface area contributed by atoms with E-state index >= 15 is 0 Å². The fourth-order valence-electron chi connectivity index (χ4n) is 4.89. The first-order valence-electron chi connectivity index (χ1n) is 11.9. The van der Waals surface area contributed by atoms with Crippen molar-refractivity contribution in [1.29, 1.82) is 0 Å². The van der Waals surface area contributed by atoms with Crippen LogP contribution in [-0.2, 0) is 17.6 Å². The number of fused-ring (bicyclic) bond motifs is 1. The van der Waals surface area contributed by atoms with Crippen molar-refractivity contribution in [1.82, 2.24) is 15.0 Å². The minimum Gasteiger partial charge on any atom is -0.375 e. The molecule has 1 aromatic carbocycles. The van der Waals surface area contributed by atoms with Crippen LogP contribution in [0.3, 0.4) is 0 Å². The van der Waals surface area contributed by atoms with Crippen LogP contribution < -0.4 is 10.6 Å². The van der Waals surface area contributed by atoms with Crippen molar-refractivity contribution in [3.8, 4) is 11.3 Å². The van der Waals surface area contributed by atoms with E-state index in [1.54, 1.807) is 0 Å². The summed E-state index contributed by atoms with van der Waals surface area (Å²) in [6.07, 6.45) is 1.42. The number of nitrogens with two attached hydrogens (primary N) is 1. The zero-order valence-corrected chi connectivity index (χ0v) is 20.6. The van der Waals surface area contributed by atoms with Gasteiger partial charge in [-0.25, -0.2) is 9.97 Å². The van der Waals surface area contributed by atoms with Gasteiger partial charge in [-0.3, -0.25) is 4.98 Å². The largest absolute Gasteiger partial charge is 0.375 e. The van der Waals surface area contributed by atoms with Crippen LogP contribution in [0.5, 0.6) is 0 Å². The summed E-state index contributed by atoms with van der Waals surface area (Å²) in [5, 5.41) is 0. The van der Waals surface area contributed by atoms with E-state index in [9.17, 15) is 0 Å². The lowest BCUT2D eigenvalue weighted by atomic mass is 9.92. The molecule has 1 aliphatic rings. The standard InChI is InChI=1S/C27H35N5O/c1-7-20-25(17-14-15-22(32(5)6)29-16(17)4)30-21(8-2)26(31-20)23-18-12-10-11-13-19(18)24(28)27(23)33-9-3/h10-15,23-24,27H,7-9,28H2,1-6H3/t23?,24-,27+/m1/s1. The van der Waals surface area contributed by atoms with Crippen LogP contribution >= 0.6 is 0 Å². The molecule has 6 heteroatoms. The Bertz CT molecular complexity index is 1140. The third-order valence-corrected chi connectivity index (χ3v) is 6.55. The van der Waals surface area contributed by atoms with Crippen LogP contribution in [0.1, 0.15) is 66.6 Å². The lowest BCUT2D eigenvalue weighted by molar-refractivity contribution is 0.0410. The topological polar surface area (TPSA) is 77.2 Å². The number of aryl methyl sites for hydroxylation is 3. The molecule has 1 aliphatic carbocycles. The minimum atomic E-state index is -0.174. The van der Waals surface area contributed by atoms with Crippen molar-refractivity contribution >= 4 is 5.82 Å². The number of ether oxygens (including phenoxy) is 1. The molecule has 3 aromatic rings. The Morgan fingerprint density at radius 1 is 0.909 bits per heavy atom. The molecule has 174 valence electrons. The summed E-state index contributed by atoms with van der Waals surface area (Å²) in [7, 11) is 4.00. The molecule has 0 aliphatic heterocycles.